The number of rotatable bonds is 2. The zero-order valence-electron chi connectivity index (χ0n) is 10.9. The standard InChI is InChI=1S/C12H12F3NO3S/c1-7-4-5-8(6-16)10(9(7)17)20(18,19)11(2,3)12(13,14)15/h4-5,17H,1-3H3. The van der Waals surface area contributed by atoms with Gasteiger partial charge in [0.2, 0.25) is 0 Å². The average Bonchev–Trinajstić information content (AvgIpc) is 2.30. The summed E-state index contributed by atoms with van der Waals surface area (Å²) in [6.45, 7) is 2.31. The summed E-state index contributed by atoms with van der Waals surface area (Å²) < 4.78 is 60.1. The van der Waals surface area contributed by atoms with Crippen molar-refractivity contribution in [3.8, 4) is 11.8 Å². The Hall–Kier alpha value is -1.75. The Kier molecular flexibility index (Phi) is 3.80. The molecule has 110 valence electrons. The second kappa shape index (κ2) is 4.66. The molecule has 0 amide bonds. The van der Waals surface area contributed by atoms with E-state index in [1.165, 1.54) is 19.1 Å². The molecule has 0 radical (unpaired) electrons. The minimum absolute atomic E-state index is 0.0700. The second-order valence-electron chi connectivity index (χ2n) is 4.73. The Morgan fingerprint density at radius 2 is 1.75 bits per heavy atom. The first-order chi connectivity index (χ1) is 8.88. The van der Waals surface area contributed by atoms with Gasteiger partial charge in [0.1, 0.15) is 16.7 Å². The van der Waals surface area contributed by atoms with Gasteiger partial charge in [-0.15, -0.1) is 0 Å². The molecule has 0 aliphatic carbocycles. The van der Waals surface area contributed by atoms with Gasteiger partial charge in [-0.3, -0.25) is 0 Å². The van der Waals surface area contributed by atoms with Crippen molar-refractivity contribution in [2.75, 3.05) is 0 Å². The number of sulfone groups is 1. The number of phenolic OH excluding ortho intramolecular Hbond substituents is 1. The molecular weight excluding hydrogens is 295 g/mol. The monoisotopic (exact) mass is 307 g/mol. The number of alkyl halides is 3. The van der Waals surface area contributed by atoms with E-state index in [9.17, 15) is 26.7 Å². The smallest absolute Gasteiger partial charge is 0.408 e. The van der Waals surface area contributed by atoms with Gasteiger partial charge < -0.3 is 5.11 Å². The van der Waals surface area contributed by atoms with Crippen LogP contribution in [0.5, 0.6) is 5.75 Å². The Labute approximate surface area is 114 Å². The summed E-state index contributed by atoms with van der Waals surface area (Å²) >= 11 is 0. The highest BCUT2D eigenvalue weighted by atomic mass is 32.2. The maximum absolute atomic E-state index is 12.9. The summed E-state index contributed by atoms with van der Waals surface area (Å²) in [4.78, 5) is -0.984. The summed E-state index contributed by atoms with van der Waals surface area (Å²) in [5.41, 5.74) is -0.453. The molecule has 1 N–H and O–H groups in total. The predicted octanol–water partition coefficient (Wildman–Crippen LogP) is 2.69. The highest BCUT2D eigenvalue weighted by molar-refractivity contribution is 7.93. The van der Waals surface area contributed by atoms with Crippen LogP contribution in [0.15, 0.2) is 17.0 Å². The fraction of sp³-hybridized carbons (Fsp3) is 0.417. The highest BCUT2D eigenvalue weighted by Gasteiger charge is 2.58. The third kappa shape index (κ3) is 2.22. The lowest BCUT2D eigenvalue weighted by atomic mass is 10.1. The van der Waals surface area contributed by atoms with Gasteiger partial charge in [0.25, 0.3) is 0 Å². The lowest BCUT2D eigenvalue weighted by Gasteiger charge is -2.28. The molecule has 0 aliphatic heterocycles. The second-order valence-corrected chi connectivity index (χ2v) is 7.17. The van der Waals surface area contributed by atoms with Crippen molar-refractivity contribution in [2.24, 2.45) is 0 Å². The number of halogens is 3. The number of phenols is 1. The third-order valence-corrected chi connectivity index (χ3v) is 5.60. The lowest BCUT2D eigenvalue weighted by Crippen LogP contribution is -2.46. The third-order valence-electron chi connectivity index (χ3n) is 3.08. The lowest BCUT2D eigenvalue weighted by molar-refractivity contribution is -0.153. The van der Waals surface area contributed by atoms with Crippen LogP contribution in [-0.4, -0.2) is 24.4 Å². The van der Waals surface area contributed by atoms with E-state index in [0.29, 0.717) is 13.8 Å². The zero-order chi connectivity index (χ0) is 15.9. The maximum atomic E-state index is 12.9. The van der Waals surface area contributed by atoms with Gasteiger partial charge in [-0.2, -0.15) is 18.4 Å². The molecule has 0 bridgehead atoms. The number of aryl methyl sites for hydroxylation is 1. The van der Waals surface area contributed by atoms with Crippen LogP contribution in [0.2, 0.25) is 0 Å². The van der Waals surface area contributed by atoms with Crippen LogP contribution in [0.25, 0.3) is 0 Å². The van der Waals surface area contributed by atoms with Crippen LogP contribution >= 0.6 is 0 Å². The van der Waals surface area contributed by atoms with Gasteiger partial charge in [-0.1, -0.05) is 6.07 Å². The van der Waals surface area contributed by atoms with Crippen molar-refractivity contribution in [2.45, 2.75) is 36.6 Å². The van der Waals surface area contributed by atoms with Gasteiger partial charge in [0.05, 0.1) is 5.56 Å². The molecule has 0 heterocycles. The fourth-order valence-corrected chi connectivity index (χ4v) is 3.07. The molecule has 1 rings (SSSR count). The Morgan fingerprint density at radius 1 is 1.25 bits per heavy atom. The Balaban J connectivity index is 3.78. The first-order valence-corrected chi connectivity index (χ1v) is 6.90. The quantitative estimate of drug-likeness (QED) is 0.911. The molecule has 0 saturated heterocycles. The van der Waals surface area contributed by atoms with E-state index >= 15 is 0 Å². The Bertz CT molecular complexity index is 685. The summed E-state index contributed by atoms with van der Waals surface area (Å²) in [5, 5.41) is 18.6. The molecule has 0 spiro atoms. The normalized spacial score (nSPS) is 13.1. The van der Waals surface area contributed by atoms with E-state index in [1.807, 2.05) is 0 Å². The van der Waals surface area contributed by atoms with Crippen molar-refractivity contribution in [3.63, 3.8) is 0 Å². The largest absolute Gasteiger partial charge is 0.506 e. The van der Waals surface area contributed by atoms with E-state index in [4.69, 9.17) is 5.26 Å². The number of aromatic hydroxyl groups is 1. The van der Waals surface area contributed by atoms with Crippen molar-refractivity contribution in [1.29, 1.82) is 5.26 Å². The highest BCUT2D eigenvalue weighted by Crippen LogP contribution is 2.43. The Morgan fingerprint density at radius 3 is 2.15 bits per heavy atom. The summed E-state index contributed by atoms with van der Waals surface area (Å²) in [6.07, 6.45) is -5.05. The first-order valence-electron chi connectivity index (χ1n) is 5.42. The maximum Gasteiger partial charge on any atom is 0.408 e. The molecule has 0 saturated carbocycles. The zero-order valence-corrected chi connectivity index (χ0v) is 11.7. The number of hydrogen-bond donors (Lipinski definition) is 1. The molecule has 0 aliphatic rings. The van der Waals surface area contributed by atoms with E-state index in [2.05, 4.69) is 0 Å². The SMILES string of the molecule is Cc1ccc(C#N)c(S(=O)(=O)C(C)(C)C(F)(F)F)c1O. The van der Waals surface area contributed by atoms with Crippen molar-refractivity contribution >= 4 is 9.84 Å². The van der Waals surface area contributed by atoms with Crippen molar-refractivity contribution in [3.05, 3.63) is 23.3 Å². The summed E-state index contributed by atoms with van der Waals surface area (Å²) in [5.74, 6) is -0.832. The minimum atomic E-state index is -5.05. The molecule has 1 aromatic carbocycles. The number of hydrogen-bond acceptors (Lipinski definition) is 4. The fourth-order valence-electron chi connectivity index (χ4n) is 1.44. The minimum Gasteiger partial charge on any atom is -0.506 e. The number of nitriles is 1. The van der Waals surface area contributed by atoms with E-state index < -0.39 is 37.0 Å². The molecule has 20 heavy (non-hydrogen) atoms. The van der Waals surface area contributed by atoms with E-state index in [1.54, 1.807) is 0 Å². The van der Waals surface area contributed by atoms with Gasteiger partial charge in [-0.05, 0) is 32.4 Å². The van der Waals surface area contributed by atoms with E-state index in [-0.39, 0.29) is 5.56 Å². The molecule has 1 aromatic rings. The average molecular weight is 307 g/mol. The van der Waals surface area contributed by atoms with Crippen molar-refractivity contribution in [1.82, 2.24) is 0 Å². The van der Waals surface area contributed by atoms with Gasteiger partial charge in [0.15, 0.2) is 14.6 Å². The molecule has 4 nitrogen and oxygen atoms in total. The molecular formula is C12H12F3NO3S. The van der Waals surface area contributed by atoms with Crippen LogP contribution in [-0.2, 0) is 9.84 Å². The molecule has 8 heteroatoms. The molecule has 0 unspecified atom stereocenters. The molecule has 0 aromatic heterocycles. The van der Waals surface area contributed by atoms with Crippen LogP contribution in [0, 0.1) is 18.3 Å². The topological polar surface area (TPSA) is 78.2 Å². The van der Waals surface area contributed by atoms with Crippen LogP contribution in [0.1, 0.15) is 25.0 Å². The van der Waals surface area contributed by atoms with Gasteiger partial charge >= 0.3 is 6.18 Å². The molecule has 0 fully saturated rings. The van der Waals surface area contributed by atoms with Crippen LogP contribution in [0.4, 0.5) is 13.2 Å². The summed E-state index contributed by atoms with van der Waals surface area (Å²) in [7, 11) is -4.99. The van der Waals surface area contributed by atoms with Crippen LogP contribution in [0.3, 0.4) is 0 Å². The number of nitrogens with zero attached hydrogens (tertiary/aromatic N) is 1. The predicted molar refractivity (Wildman–Crippen MR) is 64.9 cm³/mol. The van der Waals surface area contributed by atoms with Gasteiger partial charge in [0, 0.05) is 0 Å². The van der Waals surface area contributed by atoms with Gasteiger partial charge in [-0.25, -0.2) is 8.42 Å². The van der Waals surface area contributed by atoms with E-state index in [0.717, 1.165) is 6.07 Å². The molecule has 0 atom stereocenters. The summed E-state index contributed by atoms with van der Waals surface area (Å²) in [6, 6.07) is 3.81. The number of benzene rings is 1. The first kappa shape index (κ1) is 16.3. The van der Waals surface area contributed by atoms with Crippen molar-refractivity contribution < 1.29 is 26.7 Å². The van der Waals surface area contributed by atoms with Crippen LogP contribution < -0.4 is 0 Å².